The Hall–Kier alpha value is -1.06. The van der Waals surface area contributed by atoms with Gasteiger partial charge in [0.25, 0.3) is 0 Å². The molecule has 0 heterocycles. The van der Waals surface area contributed by atoms with Crippen LogP contribution in [0.4, 0.5) is 0 Å². The number of rotatable bonds is 5. The van der Waals surface area contributed by atoms with Crippen molar-refractivity contribution in [2.45, 2.75) is 39.2 Å². The van der Waals surface area contributed by atoms with Crippen LogP contribution in [-0.4, -0.2) is 17.9 Å². The first-order valence-electron chi connectivity index (χ1n) is 4.05. The average molecular weight is 172 g/mol. The van der Waals surface area contributed by atoms with Gasteiger partial charge in [-0.1, -0.05) is 6.92 Å². The zero-order valence-electron chi connectivity index (χ0n) is 7.42. The summed E-state index contributed by atoms with van der Waals surface area (Å²) in [6.45, 7) is 3.82. The van der Waals surface area contributed by atoms with E-state index in [0.29, 0.717) is 0 Å². The Kier molecular flexibility index (Phi) is 5.08. The van der Waals surface area contributed by atoms with Crippen LogP contribution < -0.4 is 10.4 Å². The number of hydrogen-bond donors (Lipinski definition) is 1. The first kappa shape index (κ1) is 10.9. The molecule has 0 aromatic carbocycles. The monoisotopic (exact) mass is 172 g/mol. The number of hydrogen-bond acceptors (Lipinski definition) is 3. The van der Waals surface area contributed by atoms with Crippen LogP contribution in [0.3, 0.4) is 0 Å². The maximum absolute atomic E-state index is 10.9. The van der Waals surface area contributed by atoms with Crippen molar-refractivity contribution in [2.75, 3.05) is 0 Å². The number of carbonyl (C=O) groups excluding carboxylic acids is 2. The standard InChI is InChI=1S/C8H15NO3/c1-3-6(2)9-7(10)4-5-8(11)12/h6H,3-5H2,1-2H3,(H,9,10)(H,11,12)/p-1/t6-/m1/s1. The second-order valence-corrected chi connectivity index (χ2v) is 2.75. The number of carboxylic acids is 1. The fourth-order valence-electron chi connectivity index (χ4n) is 0.665. The van der Waals surface area contributed by atoms with Gasteiger partial charge >= 0.3 is 0 Å². The smallest absolute Gasteiger partial charge is 0.220 e. The van der Waals surface area contributed by atoms with Crippen LogP contribution in [0.15, 0.2) is 0 Å². The van der Waals surface area contributed by atoms with Crippen LogP contribution in [0.1, 0.15) is 33.1 Å². The van der Waals surface area contributed by atoms with Crippen LogP contribution in [0.2, 0.25) is 0 Å². The molecule has 0 aromatic heterocycles. The minimum Gasteiger partial charge on any atom is -0.550 e. The van der Waals surface area contributed by atoms with Gasteiger partial charge < -0.3 is 15.2 Å². The van der Waals surface area contributed by atoms with E-state index in [2.05, 4.69) is 5.32 Å². The van der Waals surface area contributed by atoms with E-state index in [0.717, 1.165) is 6.42 Å². The van der Waals surface area contributed by atoms with E-state index < -0.39 is 5.97 Å². The molecule has 4 nitrogen and oxygen atoms in total. The van der Waals surface area contributed by atoms with Crippen molar-refractivity contribution in [2.24, 2.45) is 0 Å². The lowest BCUT2D eigenvalue weighted by Crippen LogP contribution is -2.33. The second kappa shape index (κ2) is 5.57. The van der Waals surface area contributed by atoms with E-state index in [9.17, 15) is 14.7 Å². The van der Waals surface area contributed by atoms with Gasteiger partial charge in [-0.3, -0.25) is 4.79 Å². The predicted octanol–water partition coefficient (Wildman–Crippen LogP) is -0.569. The molecule has 0 radical (unpaired) electrons. The van der Waals surface area contributed by atoms with E-state index in [1.807, 2.05) is 13.8 Å². The van der Waals surface area contributed by atoms with Crippen molar-refractivity contribution >= 4 is 11.9 Å². The van der Waals surface area contributed by atoms with Gasteiger partial charge in [-0.05, 0) is 19.8 Å². The van der Waals surface area contributed by atoms with Crippen LogP contribution >= 0.6 is 0 Å². The van der Waals surface area contributed by atoms with Crippen LogP contribution in [0.25, 0.3) is 0 Å². The molecule has 0 saturated carbocycles. The number of amides is 1. The van der Waals surface area contributed by atoms with Gasteiger partial charge in [-0.25, -0.2) is 0 Å². The van der Waals surface area contributed by atoms with Crippen molar-refractivity contribution in [3.8, 4) is 0 Å². The van der Waals surface area contributed by atoms with Crippen molar-refractivity contribution in [1.82, 2.24) is 5.32 Å². The third-order valence-corrected chi connectivity index (χ3v) is 1.58. The summed E-state index contributed by atoms with van der Waals surface area (Å²) in [5.41, 5.74) is 0. The molecule has 0 aliphatic carbocycles. The molecule has 0 aliphatic rings. The Bertz CT molecular complexity index is 168. The molecule has 0 bridgehead atoms. The number of aliphatic carboxylic acids is 1. The molecule has 1 atom stereocenters. The summed E-state index contributed by atoms with van der Waals surface area (Å²) >= 11 is 0. The van der Waals surface area contributed by atoms with Crippen molar-refractivity contribution in [1.29, 1.82) is 0 Å². The Morgan fingerprint density at radius 3 is 2.42 bits per heavy atom. The molecule has 0 fully saturated rings. The van der Waals surface area contributed by atoms with Crippen LogP contribution in [-0.2, 0) is 9.59 Å². The highest BCUT2D eigenvalue weighted by Crippen LogP contribution is 1.91. The summed E-state index contributed by atoms with van der Waals surface area (Å²) in [4.78, 5) is 20.9. The Balaban J connectivity index is 3.53. The molecule has 70 valence electrons. The lowest BCUT2D eigenvalue weighted by molar-refractivity contribution is -0.305. The van der Waals surface area contributed by atoms with Gasteiger partial charge in [0.15, 0.2) is 0 Å². The summed E-state index contributed by atoms with van der Waals surface area (Å²) in [6.07, 6.45) is 0.645. The van der Waals surface area contributed by atoms with Crippen LogP contribution in [0.5, 0.6) is 0 Å². The molecule has 1 N–H and O–H groups in total. The molecule has 12 heavy (non-hydrogen) atoms. The minimum absolute atomic E-state index is 0.00662. The average Bonchev–Trinajstić information content (AvgIpc) is 2.00. The molecule has 0 saturated heterocycles. The molecule has 0 spiro atoms. The van der Waals surface area contributed by atoms with Gasteiger partial charge in [0, 0.05) is 18.4 Å². The molecular weight excluding hydrogens is 158 g/mol. The van der Waals surface area contributed by atoms with E-state index in [1.54, 1.807) is 0 Å². The predicted molar refractivity (Wildman–Crippen MR) is 42.1 cm³/mol. The fourth-order valence-corrected chi connectivity index (χ4v) is 0.665. The highest BCUT2D eigenvalue weighted by molar-refractivity contribution is 5.80. The molecular formula is C8H14NO3-. The highest BCUT2D eigenvalue weighted by atomic mass is 16.4. The first-order valence-corrected chi connectivity index (χ1v) is 4.05. The Morgan fingerprint density at radius 1 is 1.42 bits per heavy atom. The third-order valence-electron chi connectivity index (χ3n) is 1.58. The lowest BCUT2D eigenvalue weighted by Gasteiger charge is -2.10. The SMILES string of the molecule is CC[C@@H](C)NC(=O)CCC(=O)[O-]. The van der Waals surface area contributed by atoms with E-state index in [1.165, 1.54) is 0 Å². The Morgan fingerprint density at radius 2 is 2.00 bits per heavy atom. The normalized spacial score (nSPS) is 12.2. The van der Waals surface area contributed by atoms with Crippen molar-refractivity contribution < 1.29 is 14.7 Å². The summed E-state index contributed by atoms with van der Waals surface area (Å²) in [7, 11) is 0. The van der Waals surface area contributed by atoms with E-state index >= 15 is 0 Å². The van der Waals surface area contributed by atoms with Gasteiger partial charge in [-0.15, -0.1) is 0 Å². The molecule has 4 heteroatoms. The van der Waals surface area contributed by atoms with Gasteiger partial charge in [0.05, 0.1) is 0 Å². The quantitative estimate of drug-likeness (QED) is 0.603. The molecule has 0 aliphatic heterocycles. The lowest BCUT2D eigenvalue weighted by atomic mass is 10.2. The summed E-state index contributed by atoms with van der Waals surface area (Å²) < 4.78 is 0. The van der Waals surface area contributed by atoms with E-state index in [-0.39, 0.29) is 24.8 Å². The largest absolute Gasteiger partial charge is 0.550 e. The molecule has 0 rings (SSSR count). The molecule has 0 unspecified atom stereocenters. The number of carbonyl (C=O) groups is 2. The van der Waals surface area contributed by atoms with E-state index in [4.69, 9.17) is 0 Å². The zero-order chi connectivity index (χ0) is 9.56. The maximum Gasteiger partial charge on any atom is 0.220 e. The second-order valence-electron chi connectivity index (χ2n) is 2.75. The summed E-state index contributed by atoms with van der Waals surface area (Å²) in [6, 6.07) is 0.110. The van der Waals surface area contributed by atoms with Crippen molar-refractivity contribution in [3.63, 3.8) is 0 Å². The topological polar surface area (TPSA) is 69.2 Å². The number of carboxylic acid groups (broad SMARTS) is 1. The van der Waals surface area contributed by atoms with Gasteiger partial charge in [0.2, 0.25) is 5.91 Å². The summed E-state index contributed by atoms with van der Waals surface area (Å²) in [5.74, 6) is -1.41. The maximum atomic E-state index is 10.9. The Labute approximate surface area is 72.0 Å². The van der Waals surface area contributed by atoms with Crippen LogP contribution in [0, 0.1) is 0 Å². The van der Waals surface area contributed by atoms with Gasteiger partial charge in [-0.2, -0.15) is 0 Å². The van der Waals surface area contributed by atoms with Gasteiger partial charge in [0.1, 0.15) is 0 Å². The molecule has 1 amide bonds. The molecule has 0 aromatic rings. The minimum atomic E-state index is -1.19. The zero-order valence-corrected chi connectivity index (χ0v) is 7.42. The van der Waals surface area contributed by atoms with Crippen molar-refractivity contribution in [3.05, 3.63) is 0 Å². The fraction of sp³-hybridized carbons (Fsp3) is 0.750. The highest BCUT2D eigenvalue weighted by Gasteiger charge is 2.04. The number of nitrogens with one attached hydrogen (secondary N) is 1. The summed E-state index contributed by atoms with van der Waals surface area (Å²) in [5, 5.41) is 12.6. The third kappa shape index (κ3) is 5.70. The first-order chi connectivity index (χ1) is 5.56.